The highest BCUT2D eigenvalue weighted by molar-refractivity contribution is 7.90. The first-order valence-electron chi connectivity index (χ1n) is 11.1. The van der Waals surface area contributed by atoms with Crippen molar-refractivity contribution in [3.63, 3.8) is 0 Å². The third-order valence-electron chi connectivity index (χ3n) is 6.52. The fourth-order valence-electron chi connectivity index (χ4n) is 4.84. The van der Waals surface area contributed by atoms with Crippen molar-refractivity contribution in [3.8, 4) is 5.75 Å². The van der Waals surface area contributed by atoms with E-state index in [1.807, 2.05) is 12.1 Å². The van der Waals surface area contributed by atoms with E-state index in [0.29, 0.717) is 0 Å². The number of ether oxygens (including phenoxy) is 1. The molecule has 2 bridgehead atoms. The third kappa shape index (κ3) is 5.00. The number of piperidine rings is 1. The first-order chi connectivity index (χ1) is 15.8. The lowest BCUT2D eigenvalue weighted by molar-refractivity contribution is -0.135. The van der Waals surface area contributed by atoms with Crippen LogP contribution in [0, 0.1) is 11.6 Å². The van der Waals surface area contributed by atoms with Gasteiger partial charge in [0, 0.05) is 36.1 Å². The molecule has 2 aromatic rings. The maximum atomic E-state index is 13.6. The number of fused-ring (bicyclic) bond motifs is 2. The van der Waals surface area contributed by atoms with E-state index in [1.165, 1.54) is 6.26 Å². The topological polar surface area (TPSA) is 75.7 Å². The largest absolute Gasteiger partial charge is 0.476 e. The van der Waals surface area contributed by atoms with E-state index in [9.17, 15) is 22.0 Å². The van der Waals surface area contributed by atoms with E-state index in [4.69, 9.17) is 16.3 Å². The Bertz CT molecular complexity index is 1190. The van der Waals surface area contributed by atoms with Gasteiger partial charge in [0.25, 0.3) is 5.91 Å². The van der Waals surface area contributed by atoms with Crippen molar-refractivity contribution in [1.29, 1.82) is 0 Å². The molecule has 3 atom stereocenters. The molecule has 6 nitrogen and oxygen atoms in total. The Labute approximate surface area is 203 Å². The normalized spacial score (nSPS) is 22.5. The minimum atomic E-state index is -3.25. The van der Waals surface area contributed by atoms with Crippen molar-refractivity contribution in [2.45, 2.75) is 68.2 Å². The summed E-state index contributed by atoms with van der Waals surface area (Å²) >= 11 is 5.96. The summed E-state index contributed by atoms with van der Waals surface area (Å²) in [5, 5.41) is 2.93. The number of halogens is 3. The summed E-state index contributed by atoms with van der Waals surface area (Å²) in [7, 11) is -3.25. The van der Waals surface area contributed by atoms with E-state index < -0.39 is 27.1 Å². The Morgan fingerprint density at radius 1 is 1.09 bits per heavy atom. The monoisotopic (exact) mass is 512 g/mol. The number of amides is 1. The molecule has 2 saturated heterocycles. The number of benzene rings is 2. The molecule has 1 unspecified atom stereocenters. The number of anilines is 1. The van der Waals surface area contributed by atoms with Crippen LogP contribution in [0.15, 0.2) is 41.3 Å². The van der Waals surface area contributed by atoms with Crippen molar-refractivity contribution < 1.29 is 26.7 Å². The quantitative estimate of drug-likeness (QED) is 0.577. The van der Waals surface area contributed by atoms with Gasteiger partial charge in [-0.05, 0) is 69.9 Å². The molecule has 184 valence electrons. The van der Waals surface area contributed by atoms with Gasteiger partial charge in [0.1, 0.15) is 5.75 Å². The Morgan fingerprint density at radius 3 is 2.21 bits per heavy atom. The van der Waals surface area contributed by atoms with Crippen molar-refractivity contribution >= 4 is 33.0 Å². The molecule has 2 heterocycles. The van der Waals surface area contributed by atoms with Crippen LogP contribution in [0.25, 0.3) is 0 Å². The van der Waals surface area contributed by atoms with Crippen molar-refractivity contribution in [2.24, 2.45) is 0 Å². The summed E-state index contributed by atoms with van der Waals surface area (Å²) in [4.78, 5) is 15.6. The highest BCUT2D eigenvalue weighted by Gasteiger charge is 2.42. The molecule has 1 amide bonds. The van der Waals surface area contributed by atoms with Crippen molar-refractivity contribution in [2.75, 3.05) is 11.2 Å². The zero-order valence-electron chi connectivity index (χ0n) is 19.1. The average molecular weight is 513 g/mol. The predicted molar refractivity (Wildman–Crippen MR) is 126 cm³/mol. The molecule has 0 radical (unpaired) electrons. The standard InChI is InChI=1S/C24H27ClF2N2O4S/c1-24(2,33-22-13-21(27)20(26)12-19(22)25)23(30)28-14-10-16-4-5-17(11-14)29(16)15-6-8-18(9-7-15)34(3,31)32/h6-9,12-14,16-17H,4-5,10-11H2,1-3H3,(H,28,30)/t14?,16-,17+. The molecule has 10 heteroatoms. The fraction of sp³-hybridized carbons (Fsp3) is 0.458. The molecule has 2 aliphatic heterocycles. The first kappa shape index (κ1) is 24.7. The summed E-state index contributed by atoms with van der Waals surface area (Å²) < 4.78 is 56.1. The number of hydrogen-bond acceptors (Lipinski definition) is 5. The van der Waals surface area contributed by atoms with Crippen LogP contribution in [0.4, 0.5) is 14.5 Å². The second-order valence-corrected chi connectivity index (χ2v) is 11.9. The number of rotatable bonds is 6. The van der Waals surface area contributed by atoms with Gasteiger partial charge in [-0.1, -0.05) is 11.6 Å². The molecule has 34 heavy (non-hydrogen) atoms. The van der Waals surface area contributed by atoms with Gasteiger partial charge >= 0.3 is 0 Å². The number of carbonyl (C=O) groups excluding carboxylic acids is 1. The van der Waals surface area contributed by atoms with Crippen LogP contribution in [0.1, 0.15) is 39.5 Å². The molecular weight excluding hydrogens is 486 g/mol. The number of nitrogens with one attached hydrogen (secondary N) is 1. The highest BCUT2D eigenvalue weighted by atomic mass is 35.5. The SMILES string of the molecule is CC(C)(Oc1cc(F)c(F)cc1Cl)C(=O)NC1C[C@H]2CC[C@@H](C1)N2c1ccc(S(C)(=O)=O)cc1. The zero-order valence-corrected chi connectivity index (χ0v) is 20.7. The van der Waals surface area contributed by atoms with Gasteiger partial charge in [-0.2, -0.15) is 0 Å². The molecule has 0 saturated carbocycles. The lowest BCUT2D eigenvalue weighted by Crippen LogP contribution is -2.55. The van der Waals surface area contributed by atoms with E-state index in [2.05, 4.69) is 10.2 Å². The Hall–Kier alpha value is -2.39. The van der Waals surface area contributed by atoms with Gasteiger partial charge in [-0.15, -0.1) is 0 Å². The van der Waals surface area contributed by atoms with Gasteiger partial charge in [-0.25, -0.2) is 17.2 Å². The second-order valence-electron chi connectivity index (χ2n) is 9.51. The molecule has 2 fully saturated rings. The summed E-state index contributed by atoms with van der Waals surface area (Å²) in [6, 6.07) is 8.95. The minimum absolute atomic E-state index is 0.0696. The lowest BCUT2D eigenvalue weighted by Gasteiger charge is -2.41. The van der Waals surface area contributed by atoms with Crippen LogP contribution in [0.2, 0.25) is 5.02 Å². The summed E-state index contributed by atoms with van der Waals surface area (Å²) in [5.74, 6) is -2.67. The van der Waals surface area contributed by atoms with E-state index in [-0.39, 0.29) is 39.7 Å². The van der Waals surface area contributed by atoms with E-state index in [1.54, 1.807) is 26.0 Å². The fourth-order valence-corrected chi connectivity index (χ4v) is 5.66. The Balaban J connectivity index is 1.42. The summed E-state index contributed by atoms with van der Waals surface area (Å²) in [5.41, 5.74) is -0.382. The lowest BCUT2D eigenvalue weighted by atomic mass is 9.95. The molecule has 2 aromatic carbocycles. The van der Waals surface area contributed by atoms with Gasteiger partial charge in [0.15, 0.2) is 27.1 Å². The van der Waals surface area contributed by atoms with Crippen LogP contribution in [-0.2, 0) is 14.6 Å². The zero-order chi connectivity index (χ0) is 24.8. The summed E-state index contributed by atoms with van der Waals surface area (Å²) in [6.45, 7) is 3.10. The minimum Gasteiger partial charge on any atom is -0.476 e. The molecule has 0 aromatic heterocycles. The third-order valence-corrected chi connectivity index (χ3v) is 7.94. The average Bonchev–Trinajstić information content (AvgIpc) is 3.01. The van der Waals surface area contributed by atoms with Crippen LogP contribution in [0.3, 0.4) is 0 Å². The Kier molecular flexibility index (Phi) is 6.54. The van der Waals surface area contributed by atoms with Crippen LogP contribution < -0.4 is 15.0 Å². The van der Waals surface area contributed by atoms with Gasteiger partial charge in [0.05, 0.1) is 9.92 Å². The van der Waals surface area contributed by atoms with Gasteiger partial charge < -0.3 is 15.0 Å². The number of nitrogens with zero attached hydrogens (tertiary/aromatic N) is 1. The van der Waals surface area contributed by atoms with Crippen LogP contribution in [0.5, 0.6) is 5.75 Å². The molecule has 2 aliphatic rings. The predicted octanol–water partition coefficient (Wildman–Crippen LogP) is 4.50. The number of hydrogen-bond donors (Lipinski definition) is 1. The van der Waals surface area contributed by atoms with E-state index >= 15 is 0 Å². The van der Waals surface area contributed by atoms with Crippen LogP contribution in [-0.4, -0.2) is 44.3 Å². The second kappa shape index (κ2) is 9.00. The van der Waals surface area contributed by atoms with Crippen molar-refractivity contribution in [3.05, 3.63) is 53.1 Å². The van der Waals surface area contributed by atoms with Gasteiger partial charge in [-0.3, -0.25) is 4.79 Å². The van der Waals surface area contributed by atoms with Crippen molar-refractivity contribution in [1.82, 2.24) is 5.32 Å². The smallest absolute Gasteiger partial charge is 0.263 e. The maximum Gasteiger partial charge on any atom is 0.263 e. The highest BCUT2D eigenvalue weighted by Crippen LogP contribution is 2.40. The number of sulfone groups is 1. The molecule has 0 spiro atoms. The Morgan fingerprint density at radius 2 is 1.65 bits per heavy atom. The van der Waals surface area contributed by atoms with E-state index in [0.717, 1.165) is 43.5 Å². The molecular formula is C24H27ClF2N2O4S. The summed E-state index contributed by atoms with van der Waals surface area (Å²) in [6.07, 6.45) is 4.62. The first-order valence-corrected chi connectivity index (χ1v) is 13.3. The molecule has 1 N–H and O–H groups in total. The number of carbonyl (C=O) groups is 1. The molecule has 0 aliphatic carbocycles. The van der Waals surface area contributed by atoms with Crippen LogP contribution >= 0.6 is 11.6 Å². The molecule has 4 rings (SSSR count). The van der Waals surface area contributed by atoms with Gasteiger partial charge in [0.2, 0.25) is 0 Å². The maximum absolute atomic E-state index is 13.6.